The van der Waals surface area contributed by atoms with Gasteiger partial charge >= 0.3 is 0 Å². The van der Waals surface area contributed by atoms with Gasteiger partial charge in [-0.15, -0.1) is 0 Å². The maximum atomic E-state index is 12.2. The summed E-state index contributed by atoms with van der Waals surface area (Å²) in [6, 6.07) is 12.8. The van der Waals surface area contributed by atoms with E-state index >= 15 is 0 Å². The first-order valence-electron chi connectivity index (χ1n) is 6.86. The zero-order valence-electron chi connectivity index (χ0n) is 12.5. The average molecular weight is 284 g/mol. The highest BCUT2D eigenvalue weighted by atomic mass is 16.5. The predicted molar refractivity (Wildman–Crippen MR) is 85.9 cm³/mol. The van der Waals surface area contributed by atoms with E-state index in [2.05, 4.69) is 19.2 Å². The zero-order chi connectivity index (χ0) is 15.4. The van der Waals surface area contributed by atoms with Crippen LogP contribution in [0.5, 0.6) is 5.75 Å². The third-order valence-electron chi connectivity index (χ3n) is 3.33. The van der Waals surface area contributed by atoms with Crippen molar-refractivity contribution in [3.05, 3.63) is 53.6 Å². The molecule has 0 aliphatic heterocycles. The van der Waals surface area contributed by atoms with E-state index < -0.39 is 0 Å². The van der Waals surface area contributed by atoms with Crippen molar-refractivity contribution in [1.82, 2.24) is 0 Å². The number of ether oxygens (including phenoxy) is 1. The quantitative estimate of drug-likeness (QED) is 0.842. The first-order valence-corrected chi connectivity index (χ1v) is 6.86. The van der Waals surface area contributed by atoms with Gasteiger partial charge in [-0.05, 0) is 41.8 Å². The number of carbonyl (C=O) groups is 1. The lowest BCUT2D eigenvalue weighted by atomic mass is 10.0. The molecule has 110 valence electrons. The van der Waals surface area contributed by atoms with Crippen LogP contribution in [-0.2, 0) is 0 Å². The molecule has 2 rings (SSSR count). The van der Waals surface area contributed by atoms with E-state index in [0.717, 1.165) is 5.69 Å². The van der Waals surface area contributed by atoms with Crippen LogP contribution in [0.3, 0.4) is 0 Å². The second kappa shape index (κ2) is 6.31. The molecule has 0 aliphatic carbocycles. The Labute approximate surface area is 124 Å². The Morgan fingerprint density at radius 3 is 2.38 bits per heavy atom. The van der Waals surface area contributed by atoms with Crippen LogP contribution in [0.1, 0.15) is 35.7 Å². The molecule has 0 unspecified atom stereocenters. The van der Waals surface area contributed by atoms with Crippen LogP contribution < -0.4 is 15.8 Å². The van der Waals surface area contributed by atoms with E-state index in [9.17, 15) is 4.79 Å². The highest BCUT2D eigenvalue weighted by Gasteiger charge is 2.09. The number of carbonyl (C=O) groups excluding carboxylic acids is 1. The second-order valence-electron chi connectivity index (χ2n) is 5.19. The molecule has 4 heteroatoms. The molecule has 0 spiro atoms. The number of benzene rings is 2. The molecule has 0 saturated heterocycles. The zero-order valence-corrected chi connectivity index (χ0v) is 12.5. The molecule has 2 aromatic carbocycles. The minimum Gasteiger partial charge on any atom is -0.495 e. The molecule has 0 aromatic heterocycles. The number of nitrogen functional groups attached to an aromatic ring is 1. The van der Waals surface area contributed by atoms with E-state index in [4.69, 9.17) is 10.5 Å². The van der Waals surface area contributed by atoms with Gasteiger partial charge in [0.1, 0.15) is 5.75 Å². The van der Waals surface area contributed by atoms with Crippen molar-refractivity contribution in [3.8, 4) is 5.75 Å². The van der Waals surface area contributed by atoms with Gasteiger partial charge in [-0.1, -0.05) is 26.0 Å². The number of methoxy groups -OCH3 is 1. The molecule has 21 heavy (non-hydrogen) atoms. The summed E-state index contributed by atoms with van der Waals surface area (Å²) in [6.07, 6.45) is 0. The number of nitrogens with two attached hydrogens (primary N) is 1. The standard InChI is InChI=1S/C17H20N2O2/c1-11(2)12-4-7-14(8-5-12)19-17(20)13-6-9-15(18)16(10-13)21-3/h4-11H,18H2,1-3H3,(H,19,20). The molecule has 0 bridgehead atoms. The summed E-state index contributed by atoms with van der Waals surface area (Å²) in [4.78, 5) is 12.2. The summed E-state index contributed by atoms with van der Waals surface area (Å²) in [5, 5.41) is 2.86. The lowest BCUT2D eigenvalue weighted by molar-refractivity contribution is 0.102. The fourth-order valence-corrected chi connectivity index (χ4v) is 2.01. The fraction of sp³-hybridized carbons (Fsp3) is 0.235. The van der Waals surface area contributed by atoms with Crippen molar-refractivity contribution >= 4 is 17.3 Å². The Morgan fingerprint density at radius 1 is 1.14 bits per heavy atom. The predicted octanol–water partition coefficient (Wildman–Crippen LogP) is 3.65. The lowest BCUT2D eigenvalue weighted by Crippen LogP contribution is -2.12. The number of hydrogen-bond acceptors (Lipinski definition) is 3. The minimum absolute atomic E-state index is 0.189. The molecule has 1 amide bonds. The number of nitrogens with one attached hydrogen (secondary N) is 1. The molecule has 0 aliphatic rings. The van der Waals surface area contributed by atoms with E-state index in [1.807, 2.05) is 24.3 Å². The third-order valence-corrected chi connectivity index (χ3v) is 3.33. The molecule has 0 fully saturated rings. The lowest BCUT2D eigenvalue weighted by Gasteiger charge is -2.10. The summed E-state index contributed by atoms with van der Waals surface area (Å²) >= 11 is 0. The molecule has 0 atom stereocenters. The van der Waals surface area contributed by atoms with E-state index in [-0.39, 0.29) is 5.91 Å². The second-order valence-corrected chi connectivity index (χ2v) is 5.19. The number of anilines is 2. The van der Waals surface area contributed by atoms with Crippen molar-refractivity contribution in [3.63, 3.8) is 0 Å². The molecular formula is C17H20N2O2. The SMILES string of the molecule is COc1cc(C(=O)Nc2ccc(C(C)C)cc2)ccc1N. The first-order chi connectivity index (χ1) is 10.0. The van der Waals surface area contributed by atoms with Crippen molar-refractivity contribution in [1.29, 1.82) is 0 Å². The summed E-state index contributed by atoms with van der Waals surface area (Å²) in [7, 11) is 1.53. The summed E-state index contributed by atoms with van der Waals surface area (Å²) in [5.74, 6) is 0.777. The number of hydrogen-bond donors (Lipinski definition) is 2. The van der Waals surface area contributed by atoms with E-state index in [0.29, 0.717) is 22.9 Å². The van der Waals surface area contributed by atoms with Crippen LogP contribution in [-0.4, -0.2) is 13.0 Å². The summed E-state index contributed by atoms with van der Waals surface area (Å²) in [6.45, 7) is 4.27. The van der Waals surface area contributed by atoms with Gasteiger partial charge in [-0.3, -0.25) is 4.79 Å². The molecule has 3 N–H and O–H groups in total. The van der Waals surface area contributed by atoms with Gasteiger partial charge in [-0.25, -0.2) is 0 Å². The maximum Gasteiger partial charge on any atom is 0.255 e. The topological polar surface area (TPSA) is 64.3 Å². The minimum atomic E-state index is -0.189. The van der Waals surface area contributed by atoms with Gasteiger partial charge in [0, 0.05) is 11.3 Å². The average Bonchev–Trinajstić information content (AvgIpc) is 2.48. The van der Waals surface area contributed by atoms with Crippen LogP contribution in [0.15, 0.2) is 42.5 Å². The highest BCUT2D eigenvalue weighted by molar-refractivity contribution is 6.04. The van der Waals surface area contributed by atoms with Gasteiger partial charge in [0.25, 0.3) is 5.91 Å². The highest BCUT2D eigenvalue weighted by Crippen LogP contribution is 2.23. The molecular weight excluding hydrogens is 264 g/mol. The van der Waals surface area contributed by atoms with Gasteiger partial charge in [0.15, 0.2) is 0 Å². The van der Waals surface area contributed by atoms with Crippen molar-refractivity contribution in [2.45, 2.75) is 19.8 Å². The van der Waals surface area contributed by atoms with Crippen molar-refractivity contribution < 1.29 is 9.53 Å². The van der Waals surface area contributed by atoms with Crippen LogP contribution in [0.2, 0.25) is 0 Å². The molecule has 2 aromatic rings. The number of rotatable bonds is 4. The van der Waals surface area contributed by atoms with Crippen molar-refractivity contribution in [2.24, 2.45) is 0 Å². The smallest absolute Gasteiger partial charge is 0.255 e. The molecule has 0 saturated carbocycles. The Hall–Kier alpha value is -2.49. The Bertz CT molecular complexity index is 634. The fourth-order valence-electron chi connectivity index (χ4n) is 2.01. The maximum absolute atomic E-state index is 12.2. The van der Waals surface area contributed by atoms with Gasteiger partial charge < -0.3 is 15.8 Å². The summed E-state index contributed by atoms with van der Waals surface area (Å²) < 4.78 is 5.12. The molecule has 0 heterocycles. The molecule has 4 nitrogen and oxygen atoms in total. The largest absolute Gasteiger partial charge is 0.495 e. The normalized spacial score (nSPS) is 10.5. The van der Waals surface area contributed by atoms with Crippen LogP contribution in [0.4, 0.5) is 11.4 Å². The van der Waals surface area contributed by atoms with E-state index in [1.54, 1.807) is 18.2 Å². The Kier molecular flexibility index (Phi) is 4.48. The summed E-state index contributed by atoms with van der Waals surface area (Å²) in [5.41, 5.74) is 8.76. The van der Waals surface area contributed by atoms with E-state index in [1.165, 1.54) is 12.7 Å². The Balaban J connectivity index is 2.14. The van der Waals surface area contributed by atoms with Crippen LogP contribution in [0, 0.1) is 0 Å². The van der Waals surface area contributed by atoms with Gasteiger partial charge in [-0.2, -0.15) is 0 Å². The van der Waals surface area contributed by atoms with Crippen LogP contribution >= 0.6 is 0 Å². The van der Waals surface area contributed by atoms with Gasteiger partial charge in [0.05, 0.1) is 12.8 Å². The first kappa shape index (κ1) is 14.9. The van der Waals surface area contributed by atoms with Crippen LogP contribution in [0.25, 0.3) is 0 Å². The monoisotopic (exact) mass is 284 g/mol. The van der Waals surface area contributed by atoms with Crippen molar-refractivity contribution in [2.75, 3.05) is 18.2 Å². The Morgan fingerprint density at radius 2 is 1.81 bits per heavy atom. The molecule has 0 radical (unpaired) electrons. The van der Waals surface area contributed by atoms with Gasteiger partial charge in [0.2, 0.25) is 0 Å². The third kappa shape index (κ3) is 3.54. The number of amides is 1.